The van der Waals surface area contributed by atoms with E-state index in [1.165, 1.54) is 28.4 Å². The molecular formula is C21H16BrN3O3S2. The van der Waals surface area contributed by atoms with E-state index in [0.29, 0.717) is 10.8 Å². The average Bonchev–Trinajstić information content (AvgIpc) is 3.14. The zero-order valence-electron chi connectivity index (χ0n) is 15.8. The summed E-state index contributed by atoms with van der Waals surface area (Å²) in [4.78, 5) is 24.0. The number of nitrogens with zero attached hydrogens (tertiary/aromatic N) is 3. The highest BCUT2D eigenvalue weighted by atomic mass is 79.9. The number of rotatable bonds is 5. The van der Waals surface area contributed by atoms with E-state index in [2.05, 4.69) is 25.9 Å². The van der Waals surface area contributed by atoms with Crippen LogP contribution in [0.4, 0.5) is 5.13 Å². The highest BCUT2D eigenvalue weighted by molar-refractivity contribution is 9.10. The predicted molar refractivity (Wildman–Crippen MR) is 122 cm³/mol. The van der Waals surface area contributed by atoms with E-state index in [-0.39, 0.29) is 22.9 Å². The summed E-state index contributed by atoms with van der Waals surface area (Å²) in [6.45, 7) is 0.212. The number of halogens is 1. The molecular weight excluding hydrogens is 486 g/mol. The maximum Gasteiger partial charge on any atom is 0.260 e. The maximum absolute atomic E-state index is 13.4. The minimum Gasteiger partial charge on any atom is -0.278 e. The van der Waals surface area contributed by atoms with Gasteiger partial charge in [0.1, 0.15) is 0 Å². The van der Waals surface area contributed by atoms with Crippen molar-refractivity contribution in [1.29, 1.82) is 0 Å². The van der Waals surface area contributed by atoms with Crippen LogP contribution in [-0.4, -0.2) is 30.5 Å². The summed E-state index contributed by atoms with van der Waals surface area (Å²) in [5, 5.41) is 0.517. The van der Waals surface area contributed by atoms with Gasteiger partial charge in [-0.2, -0.15) is 0 Å². The van der Waals surface area contributed by atoms with Crippen molar-refractivity contribution in [3.05, 3.63) is 82.6 Å². The standard InChI is InChI=1S/C21H16BrN3O3S2/c1-30(27,28)17-7-4-5-14(11-17)20(26)25(13-16-6-2-3-10-23-16)21-24-18-9-8-15(22)12-19(18)29-21/h2-12H,13H2,1H3. The fourth-order valence-electron chi connectivity index (χ4n) is 2.90. The summed E-state index contributed by atoms with van der Waals surface area (Å²) in [7, 11) is -3.43. The molecule has 152 valence electrons. The quantitative estimate of drug-likeness (QED) is 0.395. The third kappa shape index (κ3) is 4.43. The fraction of sp³-hybridized carbons (Fsp3) is 0.0952. The molecule has 9 heteroatoms. The second-order valence-corrected chi connectivity index (χ2v) is 10.6. The number of benzene rings is 2. The summed E-state index contributed by atoms with van der Waals surface area (Å²) < 4.78 is 25.7. The molecule has 0 aliphatic carbocycles. The van der Waals surface area contributed by atoms with Crippen molar-refractivity contribution in [3.8, 4) is 0 Å². The molecule has 2 aromatic heterocycles. The van der Waals surface area contributed by atoms with Crippen LogP contribution in [0.5, 0.6) is 0 Å². The highest BCUT2D eigenvalue weighted by Crippen LogP contribution is 2.32. The molecule has 4 aromatic rings. The molecule has 2 aromatic carbocycles. The molecule has 0 aliphatic rings. The van der Waals surface area contributed by atoms with E-state index in [9.17, 15) is 13.2 Å². The lowest BCUT2D eigenvalue weighted by molar-refractivity contribution is 0.0984. The Bertz CT molecular complexity index is 1340. The summed E-state index contributed by atoms with van der Waals surface area (Å²) >= 11 is 4.85. The van der Waals surface area contributed by atoms with Crippen LogP contribution in [0.15, 0.2) is 76.2 Å². The number of hydrogen-bond acceptors (Lipinski definition) is 6. The van der Waals surface area contributed by atoms with E-state index < -0.39 is 9.84 Å². The van der Waals surface area contributed by atoms with Crippen molar-refractivity contribution in [2.24, 2.45) is 0 Å². The largest absolute Gasteiger partial charge is 0.278 e. The Kier molecular flexibility index (Phi) is 5.68. The van der Waals surface area contributed by atoms with Gasteiger partial charge < -0.3 is 0 Å². The third-order valence-electron chi connectivity index (χ3n) is 4.37. The number of sulfone groups is 1. The first-order chi connectivity index (χ1) is 14.3. The second-order valence-electron chi connectivity index (χ2n) is 6.62. The van der Waals surface area contributed by atoms with Gasteiger partial charge in [0.25, 0.3) is 5.91 Å². The van der Waals surface area contributed by atoms with Crippen LogP contribution in [0.2, 0.25) is 0 Å². The first kappa shape index (κ1) is 20.6. The van der Waals surface area contributed by atoms with Gasteiger partial charge in [0.05, 0.1) is 27.4 Å². The van der Waals surface area contributed by atoms with Crippen molar-refractivity contribution < 1.29 is 13.2 Å². The van der Waals surface area contributed by atoms with E-state index in [1.807, 2.05) is 30.3 Å². The number of hydrogen-bond donors (Lipinski definition) is 0. The number of amides is 1. The van der Waals surface area contributed by atoms with Gasteiger partial charge >= 0.3 is 0 Å². The van der Waals surface area contributed by atoms with Gasteiger partial charge in [0, 0.05) is 22.5 Å². The van der Waals surface area contributed by atoms with Gasteiger partial charge in [0.2, 0.25) is 0 Å². The Morgan fingerprint density at radius 3 is 2.67 bits per heavy atom. The number of carbonyl (C=O) groups is 1. The Morgan fingerprint density at radius 1 is 1.10 bits per heavy atom. The molecule has 0 N–H and O–H groups in total. The minimum atomic E-state index is -3.43. The van der Waals surface area contributed by atoms with Gasteiger partial charge in [-0.15, -0.1) is 0 Å². The first-order valence-corrected chi connectivity index (χ1v) is 12.4. The molecule has 0 radical (unpaired) electrons. The number of pyridine rings is 1. The van der Waals surface area contributed by atoms with E-state index in [0.717, 1.165) is 20.9 Å². The van der Waals surface area contributed by atoms with Gasteiger partial charge in [-0.05, 0) is 48.5 Å². The Labute approximate surface area is 186 Å². The summed E-state index contributed by atoms with van der Waals surface area (Å²) in [5.74, 6) is -0.343. The van der Waals surface area contributed by atoms with Crippen molar-refractivity contribution in [2.45, 2.75) is 11.4 Å². The monoisotopic (exact) mass is 501 g/mol. The SMILES string of the molecule is CS(=O)(=O)c1cccc(C(=O)N(Cc2ccccn2)c2nc3ccc(Br)cc3s2)c1. The summed E-state index contributed by atoms with van der Waals surface area (Å²) in [5.41, 5.74) is 1.75. The van der Waals surface area contributed by atoms with Gasteiger partial charge in [-0.25, -0.2) is 13.4 Å². The molecule has 0 fully saturated rings. The predicted octanol–water partition coefficient (Wildman–Crippen LogP) is 4.70. The van der Waals surface area contributed by atoms with Crippen LogP contribution < -0.4 is 4.90 Å². The van der Waals surface area contributed by atoms with Crippen molar-refractivity contribution >= 4 is 58.4 Å². The third-order valence-corrected chi connectivity index (χ3v) is 7.02. The van der Waals surface area contributed by atoms with Crippen LogP contribution in [0.1, 0.15) is 16.1 Å². The van der Waals surface area contributed by atoms with Crippen LogP contribution in [0.25, 0.3) is 10.2 Å². The van der Waals surface area contributed by atoms with Crippen LogP contribution >= 0.6 is 27.3 Å². The lowest BCUT2D eigenvalue weighted by Crippen LogP contribution is -2.30. The molecule has 0 saturated carbocycles. The zero-order valence-corrected chi connectivity index (χ0v) is 19.0. The van der Waals surface area contributed by atoms with E-state index >= 15 is 0 Å². The van der Waals surface area contributed by atoms with Gasteiger partial charge in [-0.1, -0.05) is 39.4 Å². The second kappa shape index (κ2) is 8.25. The number of fused-ring (bicyclic) bond motifs is 1. The smallest absolute Gasteiger partial charge is 0.260 e. The molecule has 2 heterocycles. The Hall–Kier alpha value is -2.62. The van der Waals surface area contributed by atoms with Gasteiger partial charge in [0.15, 0.2) is 15.0 Å². The number of thiazole rings is 1. The zero-order chi connectivity index (χ0) is 21.3. The minimum absolute atomic E-state index is 0.0966. The van der Waals surface area contributed by atoms with Crippen LogP contribution in [0.3, 0.4) is 0 Å². The lowest BCUT2D eigenvalue weighted by atomic mass is 10.2. The fourth-order valence-corrected chi connectivity index (χ4v) is 5.08. The maximum atomic E-state index is 13.4. The Balaban J connectivity index is 1.79. The number of aromatic nitrogens is 2. The molecule has 6 nitrogen and oxygen atoms in total. The molecule has 0 spiro atoms. The highest BCUT2D eigenvalue weighted by Gasteiger charge is 2.23. The molecule has 0 atom stereocenters. The first-order valence-electron chi connectivity index (χ1n) is 8.89. The van der Waals surface area contributed by atoms with Crippen molar-refractivity contribution in [1.82, 2.24) is 9.97 Å². The molecule has 0 unspecified atom stereocenters. The molecule has 0 bridgehead atoms. The molecule has 0 saturated heterocycles. The average molecular weight is 502 g/mol. The number of carbonyl (C=O) groups excluding carboxylic acids is 1. The summed E-state index contributed by atoms with van der Waals surface area (Å²) in [6.07, 6.45) is 2.78. The van der Waals surface area contributed by atoms with Crippen molar-refractivity contribution in [3.63, 3.8) is 0 Å². The number of anilines is 1. The van der Waals surface area contributed by atoms with E-state index in [4.69, 9.17) is 0 Å². The van der Waals surface area contributed by atoms with Crippen LogP contribution in [0, 0.1) is 0 Å². The molecule has 1 amide bonds. The molecule has 30 heavy (non-hydrogen) atoms. The Morgan fingerprint density at radius 2 is 1.93 bits per heavy atom. The normalized spacial score (nSPS) is 11.5. The van der Waals surface area contributed by atoms with E-state index in [1.54, 1.807) is 24.4 Å². The molecule has 0 aliphatic heterocycles. The molecule has 4 rings (SSSR count). The van der Waals surface area contributed by atoms with Gasteiger partial charge in [-0.3, -0.25) is 14.7 Å². The van der Waals surface area contributed by atoms with Crippen molar-refractivity contribution in [2.75, 3.05) is 11.2 Å². The van der Waals surface area contributed by atoms with Crippen LogP contribution in [-0.2, 0) is 16.4 Å². The summed E-state index contributed by atoms with van der Waals surface area (Å²) in [6, 6.07) is 17.3. The lowest BCUT2D eigenvalue weighted by Gasteiger charge is -2.20. The topological polar surface area (TPSA) is 80.2 Å².